The molecule has 0 N–H and O–H groups in total. The second-order valence-corrected chi connectivity index (χ2v) is 4.85. The third-order valence-electron chi connectivity index (χ3n) is 3.66. The predicted molar refractivity (Wildman–Crippen MR) is 66.6 cm³/mol. The zero-order valence-electron chi connectivity index (χ0n) is 10.1. The Kier molecular flexibility index (Phi) is 2.19. The average molecular weight is 225 g/mol. The van der Waals surface area contributed by atoms with E-state index in [1.54, 1.807) is 0 Å². The maximum Gasteiger partial charge on any atom is 0.113 e. The van der Waals surface area contributed by atoms with E-state index < -0.39 is 0 Å². The van der Waals surface area contributed by atoms with Gasteiger partial charge < -0.3 is 4.57 Å². The Hall–Kier alpha value is -1.82. The van der Waals surface area contributed by atoms with Gasteiger partial charge in [0.15, 0.2) is 0 Å². The van der Waals surface area contributed by atoms with Gasteiger partial charge in [-0.3, -0.25) is 0 Å². The molecular formula is C14H15N3. The summed E-state index contributed by atoms with van der Waals surface area (Å²) in [5.41, 5.74) is 2.80. The lowest BCUT2D eigenvalue weighted by Crippen LogP contribution is -2.00. The summed E-state index contributed by atoms with van der Waals surface area (Å²) in [6.07, 6.45) is 1.24. The molecule has 0 aliphatic heterocycles. The summed E-state index contributed by atoms with van der Waals surface area (Å²) in [6, 6.07) is 7.94. The van der Waals surface area contributed by atoms with E-state index in [2.05, 4.69) is 24.5 Å². The van der Waals surface area contributed by atoms with E-state index >= 15 is 0 Å². The Morgan fingerprint density at radius 1 is 1.53 bits per heavy atom. The molecule has 1 aromatic carbocycles. The fraction of sp³-hybridized carbons (Fsp3) is 0.429. The van der Waals surface area contributed by atoms with E-state index in [9.17, 15) is 0 Å². The van der Waals surface area contributed by atoms with Crippen LogP contribution in [0.4, 0.5) is 0 Å². The van der Waals surface area contributed by atoms with Crippen molar-refractivity contribution >= 4 is 11.0 Å². The Labute approximate surface area is 101 Å². The van der Waals surface area contributed by atoms with Crippen LogP contribution in [-0.2, 0) is 6.54 Å². The van der Waals surface area contributed by atoms with E-state index in [0.717, 1.165) is 23.5 Å². The first-order valence-corrected chi connectivity index (χ1v) is 6.15. The van der Waals surface area contributed by atoms with E-state index in [-0.39, 0.29) is 0 Å². The molecule has 17 heavy (non-hydrogen) atoms. The SMILES string of the molecule is CCn1c(C2CC2C)nc2cc(C#N)ccc21. The molecule has 1 aromatic heterocycles. The molecule has 86 valence electrons. The lowest BCUT2D eigenvalue weighted by atomic mass is 10.2. The van der Waals surface area contributed by atoms with Gasteiger partial charge >= 0.3 is 0 Å². The molecule has 1 aliphatic rings. The molecule has 3 rings (SSSR count). The first-order valence-electron chi connectivity index (χ1n) is 6.15. The third-order valence-corrected chi connectivity index (χ3v) is 3.66. The van der Waals surface area contributed by atoms with Crippen molar-refractivity contribution in [2.45, 2.75) is 32.7 Å². The maximum absolute atomic E-state index is 8.91. The maximum atomic E-state index is 8.91. The first-order chi connectivity index (χ1) is 8.24. The second kappa shape index (κ2) is 3.59. The Balaban J connectivity index is 2.20. The van der Waals surface area contributed by atoms with Gasteiger partial charge in [-0.2, -0.15) is 5.26 Å². The monoisotopic (exact) mass is 225 g/mol. The quantitative estimate of drug-likeness (QED) is 0.788. The van der Waals surface area contributed by atoms with Crippen molar-refractivity contribution in [2.75, 3.05) is 0 Å². The number of aryl methyl sites for hydroxylation is 1. The number of rotatable bonds is 2. The molecular weight excluding hydrogens is 210 g/mol. The highest BCUT2D eigenvalue weighted by Crippen LogP contribution is 2.47. The fourth-order valence-electron chi connectivity index (χ4n) is 2.52. The van der Waals surface area contributed by atoms with Crippen LogP contribution in [0.3, 0.4) is 0 Å². The average Bonchev–Trinajstić information content (AvgIpc) is 2.96. The van der Waals surface area contributed by atoms with Crippen LogP contribution in [0, 0.1) is 17.2 Å². The molecule has 1 saturated carbocycles. The van der Waals surface area contributed by atoms with E-state index in [4.69, 9.17) is 10.2 Å². The molecule has 0 bridgehead atoms. The van der Waals surface area contributed by atoms with Crippen molar-refractivity contribution in [3.8, 4) is 6.07 Å². The Morgan fingerprint density at radius 2 is 2.29 bits per heavy atom. The van der Waals surface area contributed by atoms with Gasteiger partial charge in [-0.1, -0.05) is 6.92 Å². The number of nitrogens with zero attached hydrogens (tertiary/aromatic N) is 3. The van der Waals surface area contributed by atoms with Gasteiger partial charge in [0.1, 0.15) is 5.82 Å². The van der Waals surface area contributed by atoms with Crippen molar-refractivity contribution in [1.82, 2.24) is 9.55 Å². The number of aromatic nitrogens is 2. The molecule has 2 aromatic rings. The lowest BCUT2D eigenvalue weighted by molar-refractivity contribution is 0.703. The van der Waals surface area contributed by atoms with Crippen molar-refractivity contribution < 1.29 is 0 Å². The van der Waals surface area contributed by atoms with Gasteiger partial charge in [0.2, 0.25) is 0 Å². The van der Waals surface area contributed by atoms with Crippen LogP contribution in [0.5, 0.6) is 0 Å². The topological polar surface area (TPSA) is 41.6 Å². The standard InChI is InChI=1S/C14H15N3/c1-3-17-13-5-4-10(8-15)7-12(13)16-14(17)11-6-9(11)2/h4-5,7,9,11H,3,6H2,1-2H3. The molecule has 3 heteroatoms. The summed E-state index contributed by atoms with van der Waals surface area (Å²) in [4.78, 5) is 4.72. The molecule has 3 nitrogen and oxygen atoms in total. The molecule has 2 unspecified atom stereocenters. The summed E-state index contributed by atoms with van der Waals surface area (Å²) in [6.45, 7) is 5.36. The van der Waals surface area contributed by atoms with Crippen LogP contribution >= 0.6 is 0 Å². The van der Waals surface area contributed by atoms with Crippen molar-refractivity contribution in [2.24, 2.45) is 5.92 Å². The highest BCUT2D eigenvalue weighted by molar-refractivity contribution is 5.78. The van der Waals surface area contributed by atoms with Crippen LogP contribution < -0.4 is 0 Å². The van der Waals surface area contributed by atoms with Crippen molar-refractivity contribution in [1.29, 1.82) is 5.26 Å². The lowest BCUT2D eigenvalue weighted by Gasteiger charge is -2.04. The number of hydrogen-bond donors (Lipinski definition) is 0. The van der Waals surface area contributed by atoms with Crippen LogP contribution in [-0.4, -0.2) is 9.55 Å². The number of hydrogen-bond acceptors (Lipinski definition) is 2. The van der Waals surface area contributed by atoms with Crippen LogP contribution in [0.1, 0.15) is 37.6 Å². The summed E-state index contributed by atoms with van der Waals surface area (Å²) >= 11 is 0. The minimum atomic E-state index is 0.618. The second-order valence-electron chi connectivity index (χ2n) is 4.85. The molecule has 0 saturated heterocycles. The Bertz CT molecular complexity index is 618. The Morgan fingerprint density at radius 3 is 2.88 bits per heavy atom. The number of imidazole rings is 1. The molecule has 0 amide bonds. The molecule has 0 radical (unpaired) electrons. The molecule has 1 heterocycles. The molecule has 1 aliphatic carbocycles. The zero-order chi connectivity index (χ0) is 12.0. The number of nitriles is 1. The number of benzene rings is 1. The van der Waals surface area contributed by atoms with Crippen molar-refractivity contribution in [3.63, 3.8) is 0 Å². The van der Waals surface area contributed by atoms with Crippen molar-refractivity contribution in [3.05, 3.63) is 29.6 Å². The van der Waals surface area contributed by atoms with Crippen LogP contribution in [0.25, 0.3) is 11.0 Å². The number of fused-ring (bicyclic) bond motifs is 1. The van der Waals surface area contributed by atoms with E-state index in [1.165, 1.54) is 12.2 Å². The van der Waals surface area contributed by atoms with Gasteiger partial charge in [0.05, 0.1) is 22.7 Å². The summed E-state index contributed by atoms with van der Waals surface area (Å²) in [5.74, 6) is 2.57. The minimum Gasteiger partial charge on any atom is -0.328 e. The smallest absolute Gasteiger partial charge is 0.113 e. The zero-order valence-corrected chi connectivity index (χ0v) is 10.1. The normalized spacial score (nSPS) is 22.6. The predicted octanol–water partition coefficient (Wildman–Crippen LogP) is 3.05. The highest BCUT2D eigenvalue weighted by Gasteiger charge is 2.37. The first kappa shape index (κ1) is 10.3. The summed E-state index contributed by atoms with van der Waals surface area (Å²) in [7, 11) is 0. The van der Waals surface area contributed by atoms with Crippen LogP contribution in [0.15, 0.2) is 18.2 Å². The summed E-state index contributed by atoms with van der Waals surface area (Å²) < 4.78 is 2.28. The minimum absolute atomic E-state index is 0.618. The van der Waals surface area contributed by atoms with Gasteiger partial charge in [-0.05, 0) is 37.5 Å². The highest BCUT2D eigenvalue weighted by atomic mass is 15.1. The third kappa shape index (κ3) is 1.52. The fourth-order valence-corrected chi connectivity index (χ4v) is 2.52. The van der Waals surface area contributed by atoms with E-state index in [0.29, 0.717) is 11.5 Å². The van der Waals surface area contributed by atoms with E-state index in [1.807, 2.05) is 18.2 Å². The largest absolute Gasteiger partial charge is 0.328 e. The van der Waals surface area contributed by atoms with Gasteiger partial charge in [-0.15, -0.1) is 0 Å². The van der Waals surface area contributed by atoms with Gasteiger partial charge in [0.25, 0.3) is 0 Å². The molecule has 0 spiro atoms. The van der Waals surface area contributed by atoms with Crippen LogP contribution in [0.2, 0.25) is 0 Å². The molecule has 2 atom stereocenters. The van der Waals surface area contributed by atoms with Gasteiger partial charge in [0, 0.05) is 12.5 Å². The van der Waals surface area contributed by atoms with Gasteiger partial charge in [-0.25, -0.2) is 4.98 Å². The summed E-state index contributed by atoms with van der Waals surface area (Å²) in [5, 5.41) is 8.91. The molecule has 1 fully saturated rings.